The summed E-state index contributed by atoms with van der Waals surface area (Å²) < 4.78 is 41.2. The van der Waals surface area contributed by atoms with Crippen molar-refractivity contribution in [2.24, 2.45) is 0 Å². The van der Waals surface area contributed by atoms with E-state index in [1.165, 1.54) is 6.92 Å². The number of aliphatic hydroxyl groups excluding tert-OH is 1. The molecule has 11 heteroatoms. The highest BCUT2D eigenvalue weighted by molar-refractivity contribution is 5.66. The number of rotatable bonds is 11. The van der Waals surface area contributed by atoms with E-state index in [4.69, 9.17) is 33.2 Å². The zero-order chi connectivity index (χ0) is 33.4. The van der Waals surface area contributed by atoms with E-state index < -0.39 is 42.5 Å². The van der Waals surface area contributed by atoms with Crippen LogP contribution in [-0.4, -0.2) is 64.6 Å². The van der Waals surface area contributed by atoms with Crippen LogP contribution in [0.3, 0.4) is 0 Å². The van der Waals surface area contributed by atoms with Gasteiger partial charge < -0.3 is 43.4 Å². The van der Waals surface area contributed by atoms with Gasteiger partial charge in [0, 0.05) is 43.7 Å². The third-order valence-electron chi connectivity index (χ3n) is 7.71. The molecule has 0 aliphatic carbocycles. The zero-order valence-electron chi connectivity index (χ0n) is 27.5. The van der Waals surface area contributed by atoms with Gasteiger partial charge in [0.05, 0.1) is 30.5 Å². The molecule has 2 fully saturated rings. The molecule has 2 saturated heterocycles. The molecule has 2 aliphatic rings. The molecule has 2 N–H and O–H groups in total. The Morgan fingerprint density at radius 2 is 1.39 bits per heavy atom. The topological polar surface area (TPSA) is 139 Å². The van der Waals surface area contributed by atoms with Gasteiger partial charge in [-0.2, -0.15) is 0 Å². The number of benzene rings is 2. The summed E-state index contributed by atoms with van der Waals surface area (Å²) in [5.41, 5.74) is 0.861. The number of ether oxygens (including phenoxy) is 7. The first-order chi connectivity index (χ1) is 21.8. The minimum Gasteiger partial charge on any atom is -0.508 e. The predicted octanol–water partition coefficient (Wildman–Crippen LogP) is 6.64. The van der Waals surface area contributed by atoms with Gasteiger partial charge in [-0.1, -0.05) is 31.2 Å². The molecule has 8 atom stereocenters. The number of hydrogen-bond donors (Lipinski definition) is 2. The number of aromatic hydroxyl groups is 1. The maximum absolute atomic E-state index is 12.1. The number of aliphatic hydroxyl groups is 1. The Morgan fingerprint density at radius 3 is 1.93 bits per heavy atom. The average molecular weight is 645 g/mol. The highest BCUT2D eigenvalue weighted by Gasteiger charge is 2.37. The Labute approximate surface area is 271 Å². The monoisotopic (exact) mass is 644 g/mol. The van der Waals surface area contributed by atoms with Crippen LogP contribution in [0.25, 0.3) is 0 Å². The fourth-order valence-electron chi connectivity index (χ4n) is 5.70. The number of carbonyl (C=O) groups excluding carboxylic acids is 2. The second kappa shape index (κ2) is 16.1. The lowest BCUT2D eigenvalue weighted by Gasteiger charge is -2.41. The van der Waals surface area contributed by atoms with Crippen LogP contribution in [0.4, 0.5) is 4.79 Å². The lowest BCUT2D eigenvalue weighted by molar-refractivity contribution is -0.279. The molecule has 2 heterocycles. The van der Waals surface area contributed by atoms with Crippen LogP contribution in [0.1, 0.15) is 104 Å². The van der Waals surface area contributed by atoms with Crippen molar-refractivity contribution in [3.63, 3.8) is 0 Å². The van der Waals surface area contributed by atoms with E-state index in [1.54, 1.807) is 76.2 Å². The third kappa shape index (κ3) is 11.2. The van der Waals surface area contributed by atoms with Crippen LogP contribution in [0.2, 0.25) is 0 Å². The minimum atomic E-state index is -0.796. The second-order valence-corrected chi connectivity index (χ2v) is 13.1. The molecule has 0 spiro atoms. The number of phenolic OH excluding ortho intramolecular Hbond substituents is 1. The van der Waals surface area contributed by atoms with Crippen molar-refractivity contribution >= 4 is 12.1 Å². The van der Waals surface area contributed by atoms with Crippen molar-refractivity contribution < 1.29 is 53.0 Å². The van der Waals surface area contributed by atoms with Crippen molar-refractivity contribution in [2.45, 2.75) is 135 Å². The summed E-state index contributed by atoms with van der Waals surface area (Å²) in [4.78, 5) is 23.5. The molecular formula is C35H48O11. The normalized spacial score (nSPS) is 26.5. The summed E-state index contributed by atoms with van der Waals surface area (Å²) in [5.74, 6) is 0.0941. The van der Waals surface area contributed by atoms with E-state index in [-0.39, 0.29) is 36.6 Å². The standard InChI is InChI=1S/C35H48O11/c1-7-27-18-30(43-32(41-27)23-8-12-25(37)13-9-23)20-31-19-29(17-26(38)16-21(2)40-22(3)36)42-33(44-31)24-10-14-28(15-11-24)45-34(39)46-35(4,5)6/h8-15,21,26-27,29-33,37-38H,7,16-20H2,1-6H3. The Kier molecular flexibility index (Phi) is 12.4. The second-order valence-electron chi connectivity index (χ2n) is 13.1. The van der Waals surface area contributed by atoms with Gasteiger partial charge in [-0.15, -0.1) is 0 Å². The van der Waals surface area contributed by atoms with Crippen LogP contribution >= 0.6 is 0 Å². The average Bonchev–Trinajstić information content (AvgIpc) is 2.96. The van der Waals surface area contributed by atoms with Gasteiger partial charge in [-0.25, -0.2) is 4.79 Å². The number of hydrogen-bond acceptors (Lipinski definition) is 11. The van der Waals surface area contributed by atoms with E-state index >= 15 is 0 Å². The lowest BCUT2D eigenvalue weighted by Crippen LogP contribution is -2.41. The van der Waals surface area contributed by atoms with Gasteiger partial charge in [0.25, 0.3) is 0 Å². The predicted molar refractivity (Wildman–Crippen MR) is 167 cm³/mol. The van der Waals surface area contributed by atoms with Crippen molar-refractivity contribution in [2.75, 3.05) is 0 Å². The first-order valence-electron chi connectivity index (χ1n) is 16.0. The molecule has 2 aromatic carbocycles. The van der Waals surface area contributed by atoms with Gasteiger partial charge in [0.15, 0.2) is 12.6 Å². The molecule has 4 rings (SSSR count). The summed E-state index contributed by atoms with van der Waals surface area (Å²) >= 11 is 0. The van der Waals surface area contributed by atoms with Crippen LogP contribution in [-0.2, 0) is 33.2 Å². The number of phenols is 1. The quantitative estimate of drug-likeness (QED) is 0.201. The lowest BCUT2D eigenvalue weighted by atomic mass is 9.95. The van der Waals surface area contributed by atoms with Crippen molar-refractivity contribution in [1.82, 2.24) is 0 Å². The molecule has 2 aromatic rings. The summed E-state index contributed by atoms with van der Waals surface area (Å²) in [6, 6.07) is 13.6. The molecule has 254 valence electrons. The highest BCUT2D eigenvalue weighted by atomic mass is 16.7. The smallest absolute Gasteiger partial charge is 0.508 e. The molecule has 0 bridgehead atoms. The molecule has 0 saturated carbocycles. The van der Waals surface area contributed by atoms with E-state index in [2.05, 4.69) is 6.92 Å². The number of esters is 1. The SMILES string of the molecule is CCC1CC(CC2CC(CC(O)CC(C)OC(C)=O)OC(c3ccc(OC(=O)OC(C)(C)C)cc3)O2)OC(c2ccc(O)cc2)O1. The summed E-state index contributed by atoms with van der Waals surface area (Å²) in [6.07, 6.45) is -0.879. The van der Waals surface area contributed by atoms with Crippen LogP contribution in [0.15, 0.2) is 48.5 Å². The van der Waals surface area contributed by atoms with Crippen LogP contribution in [0.5, 0.6) is 11.5 Å². The largest absolute Gasteiger partial charge is 0.514 e. The summed E-state index contributed by atoms with van der Waals surface area (Å²) in [5, 5.41) is 20.6. The molecule has 11 nitrogen and oxygen atoms in total. The summed E-state index contributed by atoms with van der Waals surface area (Å²) in [7, 11) is 0. The van der Waals surface area contributed by atoms with Gasteiger partial charge in [0.2, 0.25) is 0 Å². The zero-order valence-corrected chi connectivity index (χ0v) is 27.5. The third-order valence-corrected chi connectivity index (χ3v) is 7.71. The molecule has 0 aromatic heterocycles. The van der Waals surface area contributed by atoms with Crippen LogP contribution in [0, 0.1) is 0 Å². The first kappa shape index (κ1) is 35.6. The molecular weight excluding hydrogens is 596 g/mol. The molecule has 46 heavy (non-hydrogen) atoms. The van der Waals surface area contributed by atoms with Gasteiger partial charge in [0.1, 0.15) is 23.2 Å². The Hall–Kier alpha value is -3.22. The van der Waals surface area contributed by atoms with Crippen LogP contribution < -0.4 is 4.74 Å². The Balaban J connectivity index is 1.47. The minimum absolute atomic E-state index is 0.00825. The molecule has 0 radical (unpaired) electrons. The highest BCUT2D eigenvalue weighted by Crippen LogP contribution is 2.38. The van der Waals surface area contributed by atoms with Gasteiger partial charge in [-0.3, -0.25) is 4.79 Å². The maximum atomic E-state index is 12.1. The summed E-state index contributed by atoms with van der Waals surface area (Å²) in [6.45, 7) is 10.5. The van der Waals surface area contributed by atoms with E-state index in [0.717, 1.165) is 17.5 Å². The van der Waals surface area contributed by atoms with E-state index in [0.29, 0.717) is 31.4 Å². The molecule has 0 amide bonds. The number of carbonyl (C=O) groups is 2. The van der Waals surface area contributed by atoms with Gasteiger partial charge >= 0.3 is 12.1 Å². The van der Waals surface area contributed by atoms with Crippen molar-refractivity contribution in [3.05, 3.63) is 59.7 Å². The van der Waals surface area contributed by atoms with Gasteiger partial charge in [-0.05, 0) is 64.8 Å². The Morgan fingerprint density at radius 1 is 0.870 bits per heavy atom. The fourth-order valence-corrected chi connectivity index (χ4v) is 5.70. The van der Waals surface area contributed by atoms with Crippen molar-refractivity contribution in [1.29, 1.82) is 0 Å². The van der Waals surface area contributed by atoms with E-state index in [9.17, 15) is 19.8 Å². The van der Waals surface area contributed by atoms with E-state index in [1.807, 2.05) is 0 Å². The molecule has 8 unspecified atom stereocenters. The maximum Gasteiger partial charge on any atom is 0.514 e. The molecule has 2 aliphatic heterocycles. The fraction of sp³-hybridized carbons (Fsp3) is 0.600. The van der Waals surface area contributed by atoms with Crippen molar-refractivity contribution in [3.8, 4) is 11.5 Å². The first-order valence-corrected chi connectivity index (χ1v) is 16.0. The Bertz CT molecular complexity index is 1260.